The fourth-order valence-electron chi connectivity index (χ4n) is 3.52. The summed E-state index contributed by atoms with van der Waals surface area (Å²) in [5.74, 6) is 1.74. The second-order valence-corrected chi connectivity index (χ2v) is 8.29. The molecule has 1 saturated heterocycles. The zero-order chi connectivity index (χ0) is 20.8. The number of aromatic nitrogens is 5. The Labute approximate surface area is 179 Å². The minimum atomic E-state index is 0.0399. The molecule has 0 aliphatic carbocycles. The van der Waals surface area contributed by atoms with Crippen LogP contribution in [-0.2, 0) is 11.2 Å². The first-order valence-corrected chi connectivity index (χ1v) is 10.8. The summed E-state index contributed by atoms with van der Waals surface area (Å²) in [6.07, 6.45) is 12.8. The van der Waals surface area contributed by atoms with Crippen LogP contribution < -0.4 is 5.32 Å². The van der Waals surface area contributed by atoms with Gasteiger partial charge in [0.05, 0.1) is 16.9 Å². The van der Waals surface area contributed by atoms with E-state index in [1.54, 1.807) is 48.4 Å². The number of hydrogen-bond donors (Lipinski definition) is 1. The summed E-state index contributed by atoms with van der Waals surface area (Å²) in [4.78, 5) is 35.8. The Kier molecular flexibility index (Phi) is 6.38. The Morgan fingerprint density at radius 1 is 1.30 bits per heavy atom. The molecule has 9 heteroatoms. The van der Waals surface area contributed by atoms with Crippen molar-refractivity contribution in [2.75, 3.05) is 18.4 Å². The number of amides is 1. The number of piperidine rings is 1. The number of thiazole rings is 1. The van der Waals surface area contributed by atoms with Crippen molar-refractivity contribution in [3.63, 3.8) is 0 Å². The van der Waals surface area contributed by atoms with Crippen LogP contribution in [0.25, 0.3) is 6.08 Å². The normalized spacial score (nSPS) is 16.7. The molecule has 0 spiro atoms. The van der Waals surface area contributed by atoms with Crippen LogP contribution in [0.15, 0.2) is 42.4 Å². The lowest BCUT2D eigenvalue weighted by Crippen LogP contribution is -2.39. The fraction of sp³-hybridized carbons (Fsp3) is 0.333. The van der Waals surface area contributed by atoms with E-state index in [1.165, 1.54) is 0 Å². The molecule has 4 heterocycles. The minimum absolute atomic E-state index is 0.0399. The second-order valence-electron chi connectivity index (χ2n) is 7.23. The molecule has 0 aromatic carbocycles. The highest BCUT2D eigenvalue weighted by Crippen LogP contribution is 2.22. The van der Waals surface area contributed by atoms with Crippen molar-refractivity contribution in [2.45, 2.75) is 26.2 Å². The number of nitrogens with zero attached hydrogens (tertiary/aromatic N) is 6. The Balaban J connectivity index is 1.35. The van der Waals surface area contributed by atoms with Gasteiger partial charge in [-0.05, 0) is 38.2 Å². The van der Waals surface area contributed by atoms with Gasteiger partial charge in [0.2, 0.25) is 5.91 Å². The smallest absolute Gasteiger partial charge is 0.246 e. The van der Waals surface area contributed by atoms with Crippen LogP contribution in [0.1, 0.15) is 29.2 Å². The predicted molar refractivity (Wildman–Crippen MR) is 116 cm³/mol. The monoisotopic (exact) mass is 421 g/mol. The SMILES string of the molecule is Cc1nc(C=CC(=O)N2CCCC(Cc3cc(Nc4cnccn4)ncn3)C2)cs1. The lowest BCUT2D eigenvalue weighted by Gasteiger charge is -2.32. The van der Waals surface area contributed by atoms with E-state index in [0.717, 1.165) is 48.7 Å². The molecule has 1 fully saturated rings. The van der Waals surface area contributed by atoms with Crippen molar-refractivity contribution in [1.29, 1.82) is 0 Å². The third kappa shape index (κ3) is 5.44. The number of likely N-dealkylation sites (tertiary alicyclic amines) is 1. The van der Waals surface area contributed by atoms with Gasteiger partial charge in [-0.1, -0.05) is 0 Å². The first-order chi connectivity index (χ1) is 14.7. The molecule has 1 N–H and O–H groups in total. The summed E-state index contributed by atoms with van der Waals surface area (Å²) in [6, 6.07) is 1.93. The van der Waals surface area contributed by atoms with Gasteiger partial charge >= 0.3 is 0 Å². The van der Waals surface area contributed by atoms with Gasteiger partial charge in [0, 0.05) is 48.7 Å². The molecule has 1 aliphatic rings. The molecule has 1 unspecified atom stereocenters. The van der Waals surface area contributed by atoms with E-state index in [0.29, 0.717) is 17.6 Å². The molecule has 30 heavy (non-hydrogen) atoms. The summed E-state index contributed by atoms with van der Waals surface area (Å²) >= 11 is 1.58. The van der Waals surface area contributed by atoms with Crippen LogP contribution in [-0.4, -0.2) is 48.8 Å². The zero-order valence-corrected chi connectivity index (χ0v) is 17.5. The highest BCUT2D eigenvalue weighted by Gasteiger charge is 2.23. The van der Waals surface area contributed by atoms with Crippen molar-refractivity contribution < 1.29 is 4.79 Å². The third-order valence-corrected chi connectivity index (χ3v) is 5.70. The molecule has 8 nitrogen and oxygen atoms in total. The van der Waals surface area contributed by atoms with Gasteiger partial charge < -0.3 is 10.2 Å². The molecule has 0 bridgehead atoms. The Hall–Kier alpha value is -3.20. The molecule has 3 aromatic rings. The van der Waals surface area contributed by atoms with E-state index in [9.17, 15) is 4.79 Å². The number of hydrogen-bond acceptors (Lipinski definition) is 8. The van der Waals surface area contributed by atoms with Crippen molar-refractivity contribution in [3.8, 4) is 0 Å². The van der Waals surface area contributed by atoms with Gasteiger partial charge in [-0.25, -0.2) is 19.9 Å². The standard InChI is InChI=1S/C21H23N7OS/c1-15-26-17(13-30-15)4-5-21(29)28-8-2-3-16(12-28)9-18-10-19(25-14-24-18)27-20-11-22-6-7-23-20/h4-7,10-11,13-14,16H,2-3,8-9,12H2,1H3,(H,23,24,25,27). The number of carbonyl (C=O) groups is 1. The van der Waals surface area contributed by atoms with E-state index < -0.39 is 0 Å². The van der Waals surface area contributed by atoms with Crippen molar-refractivity contribution in [3.05, 3.63) is 58.8 Å². The quantitative estimate of drug-likeness (QED) is 0.610. The number of nitrogens with one attached hydrogen (secondary N) is 1. The molecule has 1 amide bonds. The fourth-order valence-corrected chi connectivity index (χ4v) is 4.10. The largest absolute Gasteiger partial charge is 0.339 e. The molecule has 1 aliphatic heterocycles. The third-order valence-electron chi connectivity index (χ3n) is 4.90. The average Bonchev–Trinajstić information content (AvgIpc) is 3.18. The first kappa shape index (κ1) is 20.1. The van der Waals surface area contributed by atoms with Gasteiger partial charge in [-0.2, -0.15) is 0 Å². The van der Waals surface area contributed by atoms with Gasteiger partial charge in [0.25, 0.3) is 0 Å². The Morgan fingerprint density at radius 2 is 2.23 bits per heavy atom. The maximum absolute atomic E-state index is 12.6. The lowest BCUT2D eigenvalue weighted by molar-refractivity contribution is -0.127. The number of anilines is 2. The lowest BCUT2D eigenvalue weighted by atomic mass is 9.93. The molecule has 4 rings (SSSR count). The van der Waals surface area contributed by atoms with E-state index in [2.05, 4.69) is 30.2 Å². The molecule has 1 atom stereocenters. The topological polar surface area (TPSA) is 96.8 Å². The minimum Gasteiger partial charge on any atom is -0.339 e. The number of rotatable bonds is 6. The van der Waals surface area contributed by atoms with E-state index in [-0.39, 0.29) is 5.91 Å². The molecule has 0 radical (unpaired) electrons. The Bertz CT molecular complexity index is 1020. The van der Waals surface area contributed by atoms with Crippen molar-refractivity contribution >= 4 is 35.0 Å². The molecule has 0 saturated carbocycles. The molecular formula is C21H23N7OS. The average molecular weight is 422 g/mol. The Morgan fingerprint density at radius 3 is 3.03 bits per heavy atom. The van der Waals surface area contributed by atoms with Crippen LogP contribution in [0, 0.1) is 12.8 Å². The first-order valence-electron chi connectivity index (χ1n) is 9.89. The van der Waals surface area contributed by atoms with E-state index >= 15 is 0 Å². The summed E-state index contributed by atoms with van der Waals surface area (Å²) in [6.45, 7) is 3.48. The molecular weight excluding hydrogens is 398 g/mol. The second kappa shape index (κ2) is 9.53. The zero-order valence-electron chi connectivity index (χ0n) is 16.7. The summed E-state index contributed by atoms with van der Waals surface area (Å²) < 4.78 is 0. The van der Waals surface area contributed by atoms with Crippen LogP contribution in [0.5, 0.6) is 0 Å². The van der Waals surface area contributed by atoms with Crippen molar-refractivity contribution in [1.82, 2.24) is 29.8 Å². The van der Waals surface area contributed by atoms with Gasteiger partial charge in [-0.15, -0.1) is 11.3 Å². The maximum atomic E-state index is 12.6. The molecule has 154 valence electrons. The number of aryl methyl sites for hydroxylation is 1. The predicted octanol–water partition coefficient (Wildman–Crippen LogP) is 3.27. The summed E-state index contributed by atoms with van der Waals surface area (Å²) in [5.41, 5.74) is 1.78. The maximum Gasteiger partial charge on any atom is 0.246 e. The van der Waals surface area contributed by atoms with Crippen LogP contribution in [0.2, 0.25) is 0 Å². The highest BCUT2D eigenvalue weighted by atomic mass is 32.1. The van der Waals surface area contributed by atoms with Crippen LogP contribution in [0.4, 0.5) is 11.6 Å². The van der Waals surface area contributed by atoms with Crippen molar-refractivity contribution in [2.24, 2.45) is 5.92 Å². The summed E-state index contributed by atoms with van der Waals surface area (Å²) in [7, 11) is 0. The highest BCUT2D eigenvalue weighted by molar-refractivity contribution is 7.09. The van der Waals surface area contributed by atoms with E-state index in [4.69, 9.17) is 0 Å². The van der Waals surface area contributed by atoms with Gasteiger partial charge in [0.1, 0.15) is 18.0 Å². The summed E-state index contributed by atoms with van der Waals surface area (Å²) in [5, 5.41) is 6.10. The van der Waals surface area contributed by atoms with E-state index in [1.807, 2.05) is 23.3 Å². The molecule has 3 aromatic heterocycles. The van der Waals surface area contributed by atoms with Gasteiger partial charge in [-0.3, -0.25) is 9.78 Å². The van der Waals surface area contributed by atoms with Gasteiger partial charge in [0.15, 0.2) is 0 Å². The van der Waals surface area contributed by atoms with Crippen LogP contribution in [0.3, 0.4) is 0 Å². The van der Waals surface area contributed by atoms with Crippen LogP contribution >= 0.6 is 11.3 Å². The number of carbonyl (C=O) groups excluding carboxylic acids is 1.